The number of aliphatic hydroxyl groups is 2. The molecular weight excluding hydrogens is 397 g/mol. The number of allylic oxidation sites excluding steroid dienone is 4. The third kappa shape index (κ3) is 7.79. The van der Waals surface area contributed by atoms with Crippen LogP contribution in [0.25, 0.3) is 0 Å². The molecule has 0 radical (unpaired) electrons. The van der Waals surface area contributed by atoms with E-state index >= 15 is 0 Å². The predicted molar refractivity (Wildman–Crippen MR) is 118 cm³/mol. The zero-order valence-corrected chi connectivity index (χ0v) is 18.2. The Morgan fingerprint density at radius 2 is 1.58 bits per heavy atom. The normalized spacial score (nSPS) is 17.5. The largest absolute Gasteiger partial charge is 0.631 e. The number of aromatic nitrogens is 2. The van der Waals surface area contributed by atoms with Crippen molar-refractivity contribution in [3.63, 3.8) is 0 Å². The second-order valence-corrected chi connectivity index (χ2v) is 8.04. The number of hydrogen-bond donors (Lipinski definition) is 5. The molecule has 0 aliphatic heterocycles. The Labute approximate surface area is 183 Å². The molecule has 166 valence electrons. The van der Waals surface area contributed by atoms with Gasteiger partial charge in [0.25, 0.3) is 0 Å². The van der Waals surface area contributed by atoms with E-state index in [0.717, 1.165) is 12.0 Å². The van der Waals surface area contributed by atoms with Gasteiger partial charge in [0.15, 0.2) is 0 Å². The maximum Gasteiger partial charge on any atom is 0.631 e. The van der Waals surface area contributed by atoms with Crippen molar-refractivity contribution >= 4 is 7.32 Å². The molecule has 3 rings (SSSR count). The lowest BCUT2D eigenvalue weighted by molar-refractivity contribution is -0.107. The first-order valence-electron chi connectivity index (χ1n) is 9.66. The first-order chi connectivity index (χ1) is 14.3. The van der Waals surface area contributed by atoms with E-state index in [2.05, 4.69) is 39.9 Å². The van der Waals surface area contributed by atoms with Gasteiger partial charge in [0.1, 0.15) is 0 Å². The van der Waals surface area contributed by atoms with Gasteiger partial charge in [0, 0.05) is 12.4 Å². The van der Waals surface area contributed by atoms with E-state index in [1.807, 2.05) is 36.8 Å². The average molecular weight is 427 g/mol. The van der Waals surface area contributed by atoms with Gasteiger partial charge in [-0.2, -0.15) is 5.26 Å². The molecule has 31 heavy (non-hydrogen) atoms. The Bertz CT molecular complexity index is 874. The first-order valence-corrected chi connectivity index (χ1v) is 9.66. The molecule has 0 fully saturated rings. The van der Waals surface area contributed by atoms with Gasteiger partial charge in [0.05, 0.1) is 34.7 Å². The van der Waals surface area contributed by atoms with Gasteiger partial charge in [0.2, 0.25) is 0 Å². The molecule has 1 aliphatic rings. The zero-order valence-electron chi connectivity index (χ0n) is 18.2. The molecule has 0 bridgehead atoms. The number of benzene rings is 1. The molecule has 9 heteroatoms. The molecule has 1 atom stereocenters. The second kappa shape index (κ2) is 11.0. The van der Waals surface area contributed by atoms with Crippen LogP contribution in [0.1, 0.15) is 45.2 Å². The quantitative estimate of drug-likeness (QED) is 0.467. The van der Waals surface area contributed by atoms with E-state index in [1.165, 1.54) is 0 Å². The summed E-state index contributed by atoms with van der Waals surface area (Å²) in [5.41, 5.74) is -0.413. The van der Waals surface area contributed by atoms with Crippen molar-refractivity contribution in [2.75, 3.05) is 0 Å². The number of imidazole rings is 1. The highest BCUT2D eigenvalue weighted by Crippen LogP contribution is 2.34. The van der Waals surface area contributed by atoms with Gasteiger partial charge in [-0.05, 0) is 51.8 Å². The Hall–Kier alpha value is -2.74. The topological polar surface area (TPSA) is 143 Å². The fraction of sp³-hybridized carbons (Fsp3) is 0.364. The molecular formula is C22H30BN3O5. The van der Waals surface area contributed by atoms with Crippen molar-refractivity contribution in [1.82, 2.24) is 9.55 Å². The number of hydrogen-bond acceptors (Lipinski definition) is 7. The van der Waals surface area contributed by atoms with Crippen LogP contribution < -0.4 is 0 Å². The van der Waals surface area contributed by atoms with Gasteiger partial charge in [-0.1, -0.05) is 36.4 Å². The standard InChI is InChI=1S/C16H13N3.C6H14O2.BH3O3/c17-12-14-4-6-15(7-5-14)16(8-2-1-3-9-16)19-11-10-18-13-19;1-5(2,7)6(3,4)8;2-1(3)4/h1-8,10-11,13H,9H2;7-8H,1-4H3;2-4H. The van der Waals surface area contributed by atoms with Crippen molar-refractivity contribution in [1.29, 1.82) is 5.26 Å². The van der Waals surface area contributed by atoms with Crippen LogP contribution in [-0.4, -0.2) is 53.4 Å². The summed E-state index contributed by atoms with van der Waals surface area (Å²) in [6.07, 6.45) is 14.9. The predicted octanol–water partition coefficient (Wildman–Crippen LogP) is 1.49. The van der Waals surface area contributed by atoms with Crippen molar-refractivity contribution in [2.24, 2.45) is 0 Å². The van der Waals surface area contributed by atoms with Crippen molar-refractivity contribution in [3.05, 3.63) is 78.4 Å². The lowest BCUT2D eigenvalue weighted by atomic mass is 9.83. The molecule has 0 saturated carbocycles. The lowest BCUT2D eigenvalue weighted by Crippen LogP contribution is -2.44. The minimum absolute atomic E-state index is 0.237. The van der Waals surface area contributed by atoms with E-state index in [0.29, 0.717) is 5.56 Å². The molecule has 8 nitrogen and oxygen atoms in total. The van der Waals surface area contributed by atoms with E-state index < -0.39 is 18.5 Å². The summed E-state index contributed by atoms with van der Waals surface area (Å²) >= 11 is 0. The van der Waals surface area contributed by atoms with Crippen LogP contribution in [-0.2, 0) is 5.54 Å². The monoisotopic (exact) mass is 427 g/mol. The Kier molecular flexibility index (Phi) is 9.37. The summed E-state index contributed by atoms with van der Waals surface area (Å²) in [4.78, 5) is 4.15. The first kappa shape index (κ1) is 26.3. The third-order valence-corrected chi connectivity index (χ3v) is 5.02. The molecule has 1 aromatic heterocycles. The van der Waals surface area contributed by atoms with Crippen LogP contribution in [0.15, 0.2) is 67.3 Å². The van der Waals surface area contributed by atoms with Gasteiger partial charge >= 0.3 is 7.32 Å². The molecule has 0 spiro atoms. The Morgan fingerprint density at radius 1 is 1.03 bits per heavy atom. The maximum atomic E-state index is 9.10. The summed E-state index contributed by atoms with van der Waals surface area (Å²) in [6, 6.07) is 9.91. The van der Waals surface area contributed by atoms with Crippen molar-refractivity contribution in [3.8, 4) is 6.07 Å². The van der Waals surface area contributed by atoms with Gasteiger partial charge in [-0.15, -0.1) is 0 Å². The second-order valence-electron chi connectivity index (χ2n) is 8.04. The van der Waals surface area contributed by atoms with E-state index in [9.17, 15) is 0 Å². The van der Waals surface area contributed by atoms with E-state index in [-0.39, 0.29) is 5.54 Å². The van der Waals surface area contributed by atoms with Crippen LogP contribution in [0.4, 0.5) is 0 Å². The number of nitriles is 1. The number of nitrogens with zero attached hydrogens (tertiary/aromatic N) is 3. The molecule has 1 heterocycles. The maximum absolute atomic E-state index is 9.10. The molecule has 5 N–H and O–H groups in total. The van der Waals surface area contributed by atoms with Crippen LogP contribution in [0.3, 0.4) is 0 Å². The highest BCUT2D eigenvalue weighted by Gasteiger charge is 2.32. The SMILES string of the molecule is CC(C)(O)C(C)(C)O.N#Cc1ccc(C2(n3ccnc3)C=CC=CC2)cc1.OB(O)O. The smallest absolute Gasteiger partial charge is 0.402 e. The van der Waals surface area contributed by atoms with E-state index in [1.54, 1.807) is 33.9 Å². The van der Waals surface area contributed by atoms with Crippen LogP contribution in [0.5, 0.6) is 0 Å². The van der Waals surface area contributed by atoms with Gasteiger partial charge < -0.3 is 29.9 Å². The molecule has 0 amide bonds. The molecule has 1 aromatic carbocycles. The third-order valence-electron chi connectivity index (χ3n) is 5.02. The fourth-order valence-corrected chi connectivity index (χ4v) is 2.49. The molecule has 1 unspecified atom stereocenters. The molecule has 2 aromatic rings. The lowest BCUT2D eigenvalue weighted by Gasteiger charge is -2.33. The van der Waals surface area contributed by atoms with Crippen LogP contribution in [0.2, 0.25) is 0 Å². The Morgan fingerprint density at radius 3 is 1.94 bits per heavy atom. The van der Waals surface area contributed by atoms with Crippen LogP contribution >= 0.6 is 0 Å². The summed E-state index contributed by atoms with van der Waals surface area (Å²) in [5, 5.41) is 48.6. The van der Waals surface area contributed by atoms with Gasteiger partial charge in [-0.25, -0.2) is 4.98 Å². The highest BCUT2D eigenvalue weighted by molar-refractivity contribution is 6.30. The minimum atomic E-state index is -2.17. The fourth-order valence-electron chi connectivity index (χ4n) is 2.49. The Balaban J connectivity index is 0.000000336. The number of rotatable bonds is 3. The highest BCUT2D eigenvalue weighted by atomic mass is 16.5. The van der Waals surface area contributed by atoms with Gasteiger partial charge in [-0.3, -0.25) is 0 Å². The van der Waals surface area contributed by atoms with Crippen molar-refractivity contribution in [2.45, 2.75) is 50.9 Å². The van der Waals surface area contributed by atoms with E-state index in [4.69, 9.17) is 30.5 Å². The summed E-state index contributed by atoms with van der Waals surface area (Å²) in [5.74, 6) is 0. The molecule has 1 aliphatic carbocycles. The molecule has 0 saturated heterocycles. The zero-order chi connectivity index (χ0) is 23.7. The van der Waals surface area contributed by atoms with Crippen LogP contribution in [0, 0.1) is 11.3 Å². The van der Waals surface area contributed by atoms with Crippen molar-refractivity contribution < 1.29 is 25.3 Å². The summed E-state index contributed by atoms with van der Waals surface area (Å²) < 4.78 is 2.11. The minimum Gasteiger partial charge on any atom is -0.402 e. The average Bonchev–Trinajstić information content (AvgIpc) is 3.22. The summed E-state index contributed by atoms with van der Waals surface area (Å²) in [6.45, 7) is 6.31. The summed E-state index contributed by atoms with van der Waals surface area (Å²) in [7, 11) is -2.17.